The Balaban J connectivity index is 2.26. The summed E-state index contributed by atoms with van der Waals surface area (Å²) in [4.78, 5) is 18.2. The molecule has 0 atom stereocenters. The van der Waals surface area contributed by atoms with Crippen LogP contribution in [-0.2, 0) is 11.8 Å². The highest BCUT2D eigenvalue weighted by atomic mass is 16.2. The number of carbonyl (C=O) groups is 1. The number of amides is 1. The van der Waals surface area contributed by atoms with E-state index in [0.29, 0.717) is 6.42 Å². The van der Waals surface area contributed by atoms with Crippen LogP contribution >= 0.6 is 0 Å². The summed E-state index contributed by atoms with van der Waals surface area (Å²) in [5.74, 6) is 0.128. The zero-order valence-corrected chi connectivity index (χ0v) is 12.3. The van der Waals surface area contributed by atoms with Crippen molar-refractivity contribution in [2.45, 2.75) is 27.2 Å². The van der Waals surface area contributed by atoms with E-state index in [4.69, 9.17) is 0 Å². The summed E-state index contributed by atoms with van der Waals surface area (Å²) in [7, 11) is 3.78. The van der Waals surface area contributed by atoms with E-state index in [1.807, 2.05) is 36.9 Å². The van der Waals surface area contributed by atoms with Crippen LogP contribution in [0.15, 0.2) is 24.5 Å². The number of fused-ring (bicyclic) bond motifs is 1. The van der Waals surface area contributed by atoms with E-state index >= 15 is 0 Å². The minimum absolute atomic E-state index is 0.000438. The standard InChI is InChI=1S/C15H21N3O/c1-15(2,3)9-14(19)18(5)11-6-7-13-12(8-11)16-10-17(13)4/h6-8,10H,9H2,1-5H3. The van der Waals surface area contributed by atoms with Crippen LogP contribution in [0.2, 0.25) is 0 Å². The van der Waals surface area contributed by atoms with E-state index in [9.17, 15) is 4.79 Å². The molecule has 2 rings (SSSR count). The molecule has 0 spiro atoms. The summed E-state index contributed by atoms with van der Waals surface area (Å²) in [6.45, 7) is 6.21. The predicted octanol–water partition coefficient (Wildman–Crippen LogP) is 2.97. The maximum absolute atomic E-state index is 12.2. The number of aryl methyl sites for hydroxylation is 1. The first-order valence-corrected chi connectivity index (χ1v) is 6.45. The highest BCUT2D eigenvalue weighted by Crippen LogP contribution is 2.24. The van der Waals surface area contributed by atoms with Crippen molar-refractivity contribution >= 4 is 22.6 Å². The monoisotopic (exact) mass is 259 g/mol. The number of hydrogen-bond donors (Lipinski definition) is 0. The van der Waals surface area contributed by atoms with Gasteiger partial charge in [0.1, 0.15) is 0 Å². The molecular formula is C15H21N3O. The van der Waals surface area contributed by atoms with Crippen LogP contribution in [0.5, 0.6) is 0 Å². The molecular weight excluding hydrogens is 238 g/mol. The van der Waals surface area contributed by atoms with E-state index in [0.717, 1.165) is 16.7 Å². The Labute approximate surface area is 114 Å². The van der Waals surface area contributed by atoms with Crippen molar-refractivity contribution in [3.8, 4) is 0 Å². The SMILES string of the molecule is CN(C(=O)CC(C)(C)C)c1ccc2c(c1)ncn2C. The number of rotatable bonds is 2. The third kappa shape index (κ3) is 2.95. The highest BCUT2D eigenvalue weighted by Gasteiger charge is 2.20. The Hall–Kier alpha value is -1.84. The van der Waals surface area contributed by atoms with Crippen LogP contribution in [0.4, 0.5) is 5.69 Å². The van der Waals surface area contributed by atoms with Gasteiger partial charge in [-0.15, -0.1) is 0 Å². The van der Waals surface area contributed by atoms with E-state index in [1.54, 1.807) is 11.2 Å². The van der Waals surface area contributed by atoms with Crippen LogP contribution in [0.25, 0.3) is 11.0 Å². The maximum Gasteiger partial charge on any atom is 0.227 e. The van der Waals surface area contributed by atoms with Crippen molar-refractivity contribution in [2.24, 2.45) is 12.5 Å². The smallest absolute Gasteiger partial charge is 0.227 e. The average Bonchev–Trinajstić information content (AvgIpc) is 2.67. The minimum atomic E-state index is 0.000438. The molecule has 0 aliphatic rings. The molecule has 1 aromatic heterocycles. The molecule has 0 fully saturated rings. The second-order valence-electron chi connectivity index (χ2n) is 6.22. The Morgan fingerprint density at radius 3 is 2.68 bits per heavy atom. The summed E-state index contributed by atoms with van der Waals surface area (Å²) in [6, 6.07) is 5.92. The number of imidazole rings is 1. The predicted molar refractivity (Wildman–Crippen MR) is 78.2 cm³/mol. The molecule has 4 nitrogen and oxygen atoms in total. The molecule has 0 saturated heterocycles. The van der Waals surface area contributed by atoms with Crippen molar-refractivity contribution in [1.82, 2.24) is 9.55 Å². The lowest BCUT2D eigenvalue weighted by Gasteiger charge is -2.23. The number of aromatic nitrogens is 2. The molecule has 0 radical (unpaired) electrons. The highest BCUT2D eigenvalue weighted by molar-refractivity contribution is 5.95. The lowest BCUT2D eigenvalue weighted by molar-refractivity contribution is -0.120. The summed E-state index contributed by atoms with van der Waals surface area (Å²) >= 11 is 0. The van der Waals surface area contributed by atoms with Crippen LogP contribution < -0.4 is 4.90 Å². The van der Waals surface area contributed by atoms with Gasteiger partial charge in [-0.25, -0.2) is 4.98 Å². The molecule has 1 aromatic carbocycles. The third-order valence-electron chi connectivity index (χ3n) is 3.15. The van der Waals surface area contributed by atoms with E-state index in [2.05, 4.69) is 25.8 Å². The number of nitrogens with zero attached hydrogens (tertiary/aromatic N) is 3. The second kappa shape index (κ2) is 4.68. The molecule has 19 heavy (non-hydrogen) atoms. The quantitative estimate of drug-likeness (QED) is 0.831. The molecule has 0 saturated carbocycles. The first-order chi connectivity index (χ1) is 8.78. The normalized spacial score (nSPS) is 11.8. The average molecular weight is 259 g/mol. The molecule has 1 heterocycles. The van der Waals surface area contributed by atoms with E-state index < -0.39 is 0 Å². The third-order valence-corrected chi connectivity index (χ3v) is 3.15. The van der Waals surface area contributed by atoms with E-state index in [1.165, 1.54) is 0 Å². The van der Waals surface area contributed by atoms with Crippen molar-refractivity contribution in [1.29, 1.82) is 0 Å². The van der Waals surface area contributed by atoms with Gasteiger partial charge in [-0.2, -0.15) is 0 Å². The zero-order chi connectivity index (χ0) is 14.2. The lowest BCUT2D eigenvalue weighted by atomic mass is 9.91. The van der Waals surface area contributed by atoms with Gasteiger partial charge in [0.05, 0.1) is 17.4 Å². The first-order valence-electron chi connectivity index (χ1n) is 6.45. The van der Waals surface area contributed by atoms with Gasteiger partial charge in [0.25, 0.3) is 0 Å². The Bertz CT molecular complexity index is 607. The summed E-state index contributed by atoms with van der Waals surface area (Å²) in [5, 5.41) is 0. The van der Waals surface area contributed by atoms with Crippen LogP contribution in [0.3, 0.4) is 0 Å². The molecule has 4 heteroatoms. The van der Waals surface area contributed by atoms with Crippen molar-refractivity contribution in [2.75, 3.05) is 11.9 Å². The van der Waals surface area contributed by atoms with Gasteiger partial charge >= 0.3 is 0 Å². The van der Waals surface area contributed by atoms with Crippen molar-refractivity contribution < 1.29 is 4.79 Å². The molecule has 0 N–H and O–H groups in total. The summed E-state index contributed by atoms with van der Waals surface area (Å²) in [5.41, 5.74) is 2.87. The molecule has 2 aromatic rings. The number of anilines is 1. The zero-order valence-electron chi connectivity index (χ0n) is 12.3. The number of benzene rings is 1. The largest absolute Gasteiger partial charge is 0.334 e. The minimum Gasteiger partial charge on any atom is -0.334 e. The fourth-order valence-electron chi connectivity index (χ4n) is 2.05. The first kappa shape index (κ1) is 13.6. The Morgan fingerprint density at radius 2 is 2.05 bits per heavy atom. The van der Waals surface area contributed by atoms with Gasteiger partial charge in [-0.3, -0.25) is 4.79 Å². The van der Waals surface area contributed by atoms with Crippen molar-refractivity contribution in [3.63, 3.8) is 0 Å². The summed E-state index contributed by atoms with van der Waals surface area (Å²) in [6.07, 6.45) is 2.31. The number of hydrogen-bond acceptors (Lipinski definition) is 2. The molecule has 1 amide bonds. The maximum atomic E-state index is 12.2. The molecule has 102 valence electrons. The molecule has 0 bridgehead atoms. The Kier molecular flexibility index (Phi) is 3.35. The fraction of sp³-hybridized carbons (Fsp3) is 0.467. The van der Waals surface area contributed by atoms with E-state index in [-0.39, 0.29) is 11.3 Å². The summed E-state index contributed by atoms with van der Waals surface area (Å²) < 4.78 is 1.97. The Morgan fingerprint density at radius 1 is 1.37 bits per heavy atom. The molecule has 0 aliphatic carbocycles. The topological polar surface area (TPSA) is 38.1 Å². The van der Waals surface area contributed by atoms with Crippen LogP contribution in [0.1, 0.15) is 27.2 Å². The molecule has 0 unspecified atom stereocenters. The van der Waals surface area contributed by atoms with Crippen LogP contribution in [0, 0.1) is 5.41 Å². The lowest BCUT2D eigenvalue weighted by Crippen LogP contribution is -2.29. The molecule has 0 aliphatic heterocycles. The van der Waals surface area contributed by atoms with Gasteiger partial charge in [-0.05, 0) is 23.6 Å². The van der Waals surface area contributed by atoms with Gasteiger partial charge in [0.15, 0.2) is 0 Å². The number of carbonyl (C=O) groups excluding carboxylic acids is 1. The van der Waals surface area contributed by atoms with Gasteiger partial charge < -0.3 is 9.47 Å². The van der Waals surface area contributed by atoms with Crippen LogP contribution in [-0.4, -0.2) is 22.5 Å². The van der Waals surface area contributed by atoms with Gasteiger partial charge in [-0.1, -0.05) is 20.8 Å². The van der Waals surface area contributed by atoms with Gasteiger partial charge in [0.2, 0.25) is 5.91 Å². The second-order valence-corrected chi connectivity index (χ2v) is 6.22. The van der Waals surface area contributed by atoms with Gasteiger partial charge in [0, 0.05) is 26.2 Å². The van der Waals surface area contributed by atoms with Crippen molar-refractivity contribution in [3.05, 3.63) is 24.5 Å². The fourth-order valence-corrected chi connectivity index (χ4v) is 2.05.